The summed E-state index contributed by atoms with van der Waals surface area (Å²) < 4.78 is 0.756. The fourth-order valence-corrected chi connectivity index (χ4v) is 12.8. The molecule has 133 valence electrons. The summed E-state index contributed by atoms with van der Waals surface area (Å²) in [4.78, 5) is 0. The smallest absolute Gasteiger partial charge is 1.00 e. The van der Waals surface area contributed by atoms with E-state index < -0.39 is 21.9 Å². The van der Waals surface area contributed by atoms with Crippen molar-refractivity contribution in [2.45, 2.75) is 36.5 Å². The van der Waals surface area contributed by atoms with E-state index in [1.807, 2.05) is 0 Å². The first-order valence-corrected chi connectivity index (χ1v) is 16.5. The first-order valence-electron chi connectivity index (χ1n) is 8.88. The summed E-state index contributed by atoms with van der Waals surface area (Å²) in [6.07, 6.45) is 9.13. The average molecular weight is 478 g/mol. The summed E-state index contributed by atoms with van der Waals surface area (Å²) in [6.45, 7) is 7.36. The second-order valence-corrected chi connectivity index (χ2v) is 20.1. The van der Waals surface area contributed by atoms with Crippen LogP contribution in [0.1, 0.15) is 39.2 Å². The number of halogens is 2. The summed E-state index contributed by atoms with van der Waals surface area (Å²) in [5, 5.41) is 0. The van der Waals surface area contributed by atoms with Gasteiger partial charge in [0, 0.05) is 0 Å². The van der Waals surface area contributed by atoms with Gasteiger partial charge in [-0.25, -0.2) is 0 Å². The van der Waals surface area contributed by atoms with E-state index >= 15 is 0 Å². The van der Waals surface area contributed by atoms with Crippen molar-refractivity contribution in [1.29, 1.82) is 0 Å². The molecular formula is C22H23Cl2SiZr. The summed E-state index contributed by atoms with van der Waals surface area (Å²) >= 11 is -0.435. The molecule has 0 saturated carbocycles. The van der Waals surface area contributed by atoms with Crippen LogP contribution in [0.3, 0.4) is 0 Å². The van der Waals surface area contributed by atoms with Gasteiger partial charge < -0.3 is 24.8 Å². The van der Waals surface area contributed by atoms with E-state index in [9.17, 15) is 0 Å². The largest absolute Gasteiger partial charge is 1.00 e. The van der Waals surface area contributed by atoms with Gasteiger partial charge >= 0.3 is 157 Å². The van der Waals surface area contributed by atoms with Gasteiger partial charge in [-0.05, 0) is 0 Å². The molecule has 0 spiro atoms. The van der Waals surface area contributed by atoms with Crippen molar-refractivity contribution in [2.24, 2.45) is 0 Å². The SMILES string of the molecule is CCc1ccc2c(c1C1=CC=CC1)[CH]([Zr+2]=[Si](C)C)c1ccccc1-2.[Cl-].[Cl-]. The monoisotopic (exact) mass is 475 g/mol. The molecule has 2 aliphatic rings. The topological polar surface area (TPSA) is 0 Å². The van der Waals surface area contributed by atoms with Crippen molar-refractivity contribution in [1.82, 2.24) is 0 Å². The number of hydrogen-bond donors (Lipinski definition) is 0. The summed E-state index contributed by atoms with van der Waals surface area (Å²) in [5.41, 5.74) is 10.9. The predicted octanol–water partition coefficient (Wildman–Crippen LogP) is 0.00370. The third-order valence-corrected chi connectivity index (χ3v) is 13.8. The molecule has 0 radical (unpaired) electrons. The minimum atomic E-state index is -0.435. The molecule has 2 aromatic carbocycles. The van der Waals surface area contributed by atoms with Gasteiger partial charge in [-0.1, -0.05) is 0 Å². The number of benzene rings is 2. The molecule has 0 aliphatic heterocycles. The van der Waals surface area contributed by atoms with Crippen LogP contribution in [0.25, 0.3) is 16.7 Å². The number of hydrogen-bond acceptors (Lipinski definition) is 0. The van der Waals surface area contributed by atoms with E-state index in [1.165, 1.54) is 11.1 Å². The van der Waals surface area contributed by atoms with Gasteiger partial charge in [0.25, 0.3) is 0 Å². The molecule has 4 rings (SSSR count). The van der Waals surface area contributed by atoms with Crippen LogP contribution >= 0.6 is 0 Å². The Balaban J connectivity index is 0.00000121. The second kappa shape index (κ2) is 9.20. The quantitative estimate of drug-likeness (QED) is 0.547. The molecule has 0 nitrogen and oxygen atoms in total. The first kappa shape index (κ1) is 21.9. The third-order valence-electron chi connectivity index (χ3n) is 5.09. The van der Waals surface area contributed by atoms with Crippen LogP contribution in [0.2, 0.25) is 13.1 Å². The van der Waals surface area contributed by atoms with Gasteiger partial charge in [0.2, 0.25) is 0 Å². The summed E-state index contributed by atoms with van der Waals surface area (Å²) in [7, 11) is 0. The predicted molar refractivity (Wildman–Crippen MR) is 102 cm³/mol. The van der Waals surface area contributed by atoms with E-state index in [-0.39, 0.29) is 30.2 Å². The van der Waals surface area contributed by atoms with E-state index in [2.05, 4.69) is 74.6 Å². The molecule has 0 heterocycles. The molecular weight excluding hydrogens is 454 g/mol. The Morgan fingerprint density at radius 2 is 1.81 bits per heavy atom. The maximum atomic E-state index is 2.52. The Kier molecular flexibility index (Phi) is 7.74. The Labute approximate surface area is 181 Å². The molecule has 1 unspecified atom stereocenters. The fraction of sp³-hybridized carbons (Fsp3) is 0.273. The van der Waals surface area contributed by atoms with Crippen molar-refractivity contribution in [2.75, 3.05) is 0 Å². The van der Waals surface area contributed by atoms with Gasteiger partial charge in [0.15, 0.2) is 0 Å². The molecule has 0 saturated heterocycles. The maximum Gasteiger partial charge on any atom is -1.00 e. The molecule has 0 bridgehead atoms. The molecule has 1 atom stereocenters. The number of allylic oxidation sites excluding steroid dienone is 4. The van der Waals surface area contributed by atoms with Gasteiger partial charge in [-0.2, -0.15) is 0 Å². The zero-order valence-electron chi connectivity index (χ0n) is 15.4. The van der Waals surface area contributed by atoms with Crippen LogP contribution in [-0.4, -0.2) is 5.43 Å². The normalized spacial score (nSPS) is 16.0. The van der Waals surface area contributed by atoms with Gasteiger partial charge in [-0.3, -0.25) is 0 Å². The van der Waals surface area contributed by atoms with Gasteiger partial charge in [0.05, 0.1) is 0 Å². The van der Waals surface area contributed by atoms with Gasteiger partial charge in [0.1, 0.15) is 0 Å². The Bertz CT molecular complexity index is 908. The summed E-state index contributed by atoms with van der Waals surface area (Å²) in [6, 6.07) is 14.0. The van der Waals surface area contributed by atoms with Crippen molar-refractivity contribution in [3.63, 3.8) is 0 Å². The molecule has 0 aromatic heterocycles. The molecule has 4 heteroatoms. The standard InChI is InChI=1S/C20H17.C2H6Si.2ClH.Zr/c1-2-14-11-12-18-17-10-6-5-9-16(17)13-19(18)20(14)15-7-3-4-8-15;1-3-2;;;/h3-7,9-13H,2,8H2,1H3;1-2H3;2*1H;/q;;;;+2/p-2. The molecule has 2 aromatic rings. The Morgan fingerprint density at radius 3 is 2.46 bits per heavy atom. The number of rotatable bonds is 3. The van der Waals surface area contributed by atoms with Crippen LogP contribution in [0.15, 0.2) is 54.6 Å². The second-order valence-electron chi connectivity index (χ2n) is 6.90. The average Bonchev–Trinajstić information content (AvgIpc) is 3.21. The van der Waals surface area contributed by atoms with Crippen LogP contribution in [-0.2, 0) is 28.3 Å². The molecule has 0 amide bonds. The fourth-order valence-electron chi connectivity index (χ4n) is 4.09. The molecule has 0 fully saturated rings. The Hall–Kier alpha value is -0.400. The van der Waals surface area contributed by atoms with E-state index in [0.717, 1.165) is 16.5 Å². The van der Waals surface area contributed by atoms with Crippen LogP contribution < -0.4 is 24.8 Å². The summed E-state index contributed by atoms with van der Waals surface area (Å²) in [5.74, 6) is 0. The van der Waals surface area contributed by atoms with E-state index in [1.54, 1.807) is 27.8 Å². The third kappa shape index (κ3) is 3.76. The van der Waals surface area contributed by atoms with Crippen molar-refractivity contribution >= 4 is 11.0 Å². The Morgan fingerprint density at radius 1 is 1.04 bits per heavy atom. The minimum absolute atomic E-state index is 0. The van der Waals surface area contributed by atoms with Crippen molar-refractivity contribution in [3.05, 3.63) is 76.9 Å². The zero-order valence-corrected chi connectivity index (χ0v) is 20.4. The van der Waals surface area contributed by atoms with Crippen molar-refractivity contribution in [3.8, 4) is 11.1 Å². The van der Waals surface area contributed by atoms with E-state index in [4.69, 9.17) is 0 Å². The molecule has 0 N–H and O–H groups in total. The van der Waals surface area contributed by atoms with Crippen LogP contribution in [0.4, 0.5) is 0 Å². The molecule has 26 heavy (non-hydrogen) atoms. The maximum absolute atomic E-state index is 2.52. The zero-order chi connectivity index (χ0) is 16.7. The number of aryl methyl sites for hydroxylation is 1. The first-order chi connectivity index (χ1) is 11.7. The number of fused-ring (bicyclic) bond motifs is 3. The van der Waals surface area contributed by atoms with Crippen molar-refractivity contribution < 1.29 is 46.7 Å². The minimum Gasteiger partial charge on any atom is -1.00 e. The van der Waals surface area contributed by atoms with Crippen LogP contribution in [0.5, 0.6) is 0 Å². The van der Waals surface area contributed by atoms with Gasteiger partial charge in [-0.15, -0.1) is 0 Å². The van der Waals surface area contributed by atoms with Crippen LogP contribution in [0, 0.1) is 0 Å². The molecule has 2 aliphatic carbocycles. The van der Waals surface area contributed by atoms with E-state index in [0.29, 0.717) is 0 Å².